The monoisotopic (exact) mass is 742 g/mol. The Morgan fingerprint density at radius 3 is 0.769 bits per heavy atom. The van der Waals surface area contributed by atoms with Crippen molar-refractivity contribution in [2.45, 2.75) is 0 Å². The molecular formula is C10H20N6O8Pt2. The first-order valence-corrected chi connectivity index (χ1v) is 5.44. The van der Waals surface area contributed by atoms with E-state index in [-0.39, 0.29) is 79.8 Å². The maximum atomic E-state index is 10.4. The molecule has 0 bridgehead atoms. The van der Waals surface area contributed by atoms with Gasteiger partial charge in [0.15, 0.2) is 0 Å². The molecule has 14 nitrogen and oxygen atoms in total. The van der Waals surface area contributed by atoms with Crippen molar-refractivity contribution in [3.63, 3.8) is 0 Å². The molecule has 16 heteroatoms. The second-order valence-corrected chi connectivity index (χ2v) is 3.91. The summed E-state index contributed by atoms with van der Waals surface area (Å²) in [6, 6.07) is 0. The fourth-order valence-electron chi connectivity index (χ4n) is 1.44. The van der Waals surface area contributed by atoms with Crippen molar-refractivity contribution in [2.24, 2.45) is 0 Å². The number of carbonyl (C=O) groups is 4. The molecule has 0 aliphatic heterocycles. The van der Waals surface area contributed by atoms with E-state index >= 15 is 0 Å². The SMILES string of the molecule is O=C([O-])CN(CCN(CC(=O)[O-])CC(=O)[O-])CC(=O)[O-].[NH2-].[NH2-].[NH2-].[NH2-].[Pt+4].[Pt+4]. The van der Waals surface area contributed by atoms with Gasteiger partial charge in [-0.25, -0.2) is 0 Å². The number of nitrogens with two attached hydrogens (primary N) is 4. The van der Waals surface area contributed by atoms with Crippen LogP contribution in [0, 0.1) is 0 Å². The van der Waals surface area contributed by atoms with Crippen LogP contribution in [0.4, 0.5) is 0 Å². The van der Waals surface area contributed by atoms with Gasteiger partial charge in [0.1, 0.15) is 0 Å². The van der Waals surface area contributed by atoms with Crippen molar-refractivity contribution >= 4 is 23.9 Å². The zero-order valence-electron chi connectivity index (χ0n) is 13.3. The van der Waals surface area contributed by atoms with Gasteiger partial charge in [0.25, 0.3) is 0 Å². The molecule has 0 aliphatic rings. The van der Waals surface area contributed by atoms with Gasteiger partial charge in [-0.3, -0.25) is 9.80 Å². The van der Waals surface area contributed by atoms with Crippen molar-refractivity contribution in [3.05, 3.63) is 24.6 Å². The first-order chi connectivity index (χ1) is 9.20. The Bertz CT molecular complexity index is 336. The van der Waals surface area contributed by atoms with E-state index in [1.54, 1.807) is 0 Å². The van der Waals surface area contributed by atoms with Crippen LogP contribution in [-0.4, -0.2) is 72.9 Å². The number of carbonyl (C=O) groups excluding carboxylic acids is 4. The quantitative estimate of drug-likeness (QED) is 0.195. The van der Waals surface area contributed by atoms with Gasteiger partial charge in [0.05, 0.1) is 23.9 Å². The molecule has 0 aromatic heterocycles. The molecule has 0 aromatic rings. The molecule has 0 rings (SSSR count). The molecule has 0 atom stereocenters. The second-order valence-electron chi connectivity index (χ2n) is 3.91. The Hall–Kier alpha value is -0.983. The molecular weight excluding hydrogens is 722 g/mol. The van der Waals surface area contributed by atoms with Gasteiger partial charge >= 0.3 is 42.1 Å². The van der Waals surface area contributed by atoms with Crippen molar-refractivity contribution in [2.75, 3.05) is 39.3 Å². The van der Waals surface area contributed by atoms with Crippen LogP contribution in [0.2, 0.25) is 0 Å². The Morgan fingerprint density at radius 2 is 0.654 bits per heavy atom. The molecule has 0 aromatic carbocycles. The largest absolute Gasteiger partial charge is 4.00 e. The van der Waals surface area contributed by atoms with E-state index in [2.05, 4.69) is 0 Å². The number of hydrogen-bond donors (Lipinski definition) is 0. The summed E-state index contributed by atoms with van der Waals surface area (Å²) in [6.07, 6.45) is 0. The number of carboxylic acid groups (broad SMARTS) is 4. The van der Waals surface area contributed by atoms with Crippen molar-refractivity contribution in [1.29, 1.82) is 0 Å². The topological polar surface area (TPSA) is 301 Å². The van der Waals surface area contributed by atoms with E-state index in [1.807, 2.05) is 0 Å². The third kappa shape index (κ3) is 27.8. The van der Waals surface area contributed by atoms with Crippen LogP contribution in [0.25, 0.3) is 24.6 Å². The molecule has 0 aliphatic carbocycles. The van der Waals surface area contributed by atoms with Gasteiger partial charge in [-0.2, -0.15) is 0 Å². The average Bonchev–Trinajstić information content (AvgIpc) is 2.22. The number of hydrogen-bond acceptors (Lipinski definition) is 10. The first-order valence-electron chi connectivity index (χ1n) is 5.44. The Labute approximate surface area is 179 Å². The molecule has 0 spiro atoms. The predicted molar refractivity (Wildman–Crippen MR) is 74.0 cm³/mol. The number of carboxylic acids is 4. The summed E-state index contributed by atoms with van der Waals surface area (Å²) >= 11 is 0. The van der Waals surface area contributed by atoms with Crippen LogP contribution in [-0.2, 0) is 61.3 Å². The van der Waals surface area contributed by atoms with Crippen molar-refractivity contribution in [3.8, 4) is 0 Å². The van der Waals surface area contributed by atoms with Crippen LogP contribution in [0.3, 0.4) is 0 Å². The van der Waals surface area contributed by atoms with Crippen molar-refractivity contribution < 1.29 is 81.7 Å². The van der Waals surface area contributed by atoms with Gasteiger partial charge in [-0.1, -0.05) is 0 Å². The summed E-state index contributed by atoms with van der Waals surface area (Å²) in [5.41, 5.74) is 0. The standard InChI is InChI=1S/C10H16N2O8.4H2N.2Pt/c13-7(14)3-11(4-8(15)16)1-2-12(5-9(17)18)6-10(19)20;;;;;;/h1-6H2,(H,13,14)(H,15,16)(H,17,18)(H,19,20);4*1H2;;/q;4*-1;2*+4/p-4. The smallest absolute Gasteiger partial charge is 0.693 e. The number of rotatable bonds is 11. The normalized spacial score (nSPS) is 8.23. The molecule has 0 fully saturated rings. The zero-order chi connectivity index (χ0) is 15.7. The molecule has 158 valence electrons. The third-order valence-electron chi connectivity index (χ3n) is 2.14. The molecule has 0 saturated heterocycles. The molecule has 8 N–H and O–H groups in total. The van der Waals surface area contributed by atoms with Gasteiger partial charge in [0, 0.05) is 39.3 Å². The molecule has 0 unspecified atom stereocenters. The minimum absolute atomic E-state index is 0. The van der Waals surface area contributed by atoms with E-state index in [0.717, 1.165) is 9.80 Å². The molecule has 0 radical (unpaired) electrons. The Morgan fingerprint density at radius 1 is 0.500 bits per heavy atom. The van der Waals surface area contributed by atoms with Gasteiger partial charge in [-0.15, -0.1) is 0 Å². The third-order valence-corrected chi connectivity index (χ3v) is 2.14. The average molecular weight is 742 g/mol. The molecule has 0 amide bonds. The van der Waals surface area contributed by atoms with Crippen LogP contribution in [0.5, 0.6) is 0 Å². The summed E-state index contributed by atoms with van der Waals surface area (Å²) in [5.74, 6) is -6.12. The van der Waals surface area contributed by atoms with Gasteiger partial charge in [-0.05, 0) is 0 Å². The summed E-state index contributed by atoms with van der Waals surface area (Å²) in [6.45, 7) is -3.25. The summed E-state index contributed by atoms with van der Waals surface area (Å²) in [5, 5.41) is 41.6. The van der Waals surface area contributed by atoms with Gasteiger partial charge in [0.2, 0.25) is 0 Å². The fourth-order valence-corrected chi connectivity index (χ4v) is 1.44. The van der Waals surface area contributed by atoms with E-state index < -0.39 is 50.1 Å². The van der Waals surface area contributed by atoms with Crippen LogP contribution in [0.15, 0.2) is 0 Å². The first kappa shape index (κ1) is 44.5. The van der Waals surface area contributed by atoms with Crippen LogP contribution >= 0.6 is 0 Å². The molecule has 26 heavy (non-hydrogen) atoms. The number of nitrogens with zero attached hydrogens (tertiary/aromatic N) is 2. The van der Waals surface area contributed by atoms with Crippen LogP contribution in [0.1, 0.15) is 0 Å². The maximum Gasteiger partial charge on any atom is 4.00 e. The fraction of sp³-hybridized carbons (Fsp3) is 0.600. The number of aliphatic carboxylic acids is 4. The Kier molecular flexibility index (Phi) is 41.1. The minimum atomic E-state index is -1.53. The van der Waals surface area contributed by atoms with E-state index in [4.69, 9.17) is 0 Å². The predicted octanol–water partition coefficient (Wildman–Crippen LogP) is -4.55. The van der Waals surface area contributed by atoms with E-state index in [9.17, 15) is 39.6 Å². The van der Waals surface area contributed by atoms with Crippen LogP contribution < -0.4 is 20.4 Å². The van der Waals surface area contributed by atoms with E-state index in [0.29, 0.717) is 0 Å². The maximum absolute atomic E-state index is 10.4. The summed E-state index contributed by atoms with van der Waals surface area (Å²) in [4.78, 5) is 43.4. The molecule has 0 heterocycles. The second kappa shape index (κ2) is 24.0. The Balaban J connectivity index is -0.000000120. The summed E-state index contributed by atoms with van der Waals surface area (Å²) < 4.78 is 0. The van der Waals surface area contributed by atoms with Gasteiger partial charge < -0.3 is 64.2 Å². The molecule has 0 saturated carbocycles. The zero-order valence-corrected chi connectivity index (χ0v) is 17.9. The van der Waals surface area contributed by atoms with Crippen molar-refractivity contribution in [1.82, 2.24) is 9.80 Å². The minimum Gasteiger partial charge on any atom is -0.693 e. The van der Waals surface area contributed by atoms with E-state index in [1.165, 1.54) is 0 Å². The summed E-state index contributed by atoms with van der Waals surface area (Å²) in [7, 11) is 0.